The lowest BCUT2D eigenvalue weighted by atomic mass is 9.83. The standard InChI is InChI=1S/C14H19NO4/c1-13(2,3)19-12(16)14(4,5)10-8-6-7-9-11(10)15(17)18/h6-9H,1-5H3. The molecule has 0 saturated carbocycles. The van der Waals surface area contributed by atoms with Gasteiger partial charge in [-0.1, -0.05) is 18.2 Å². The topological polar surface area (TPSA) is 69.4 Å². The molecule has 0 amide bonds. The number of carbonyl (C=O) groups excluding carboxylic acids is 1. The van der Waals surface area contributed by atoms with Crippen molar-refractivity contribution in [2.45, 2.75) is 45.6 Å². The molecule has 104 valence electrons. The molecule has 0 bridgehead atoms. The molecule has 0 atom stereocenters. The number of ether oxygens (including phenoxy) is 1. The number of carbonyl (C=O) groups is 1. The van der Waals surface area contributed by atoms with Crippen LogP contribution in [0, 0.1) is 10.1 Å². The maximum atomic E-state index is 12.2. The Balaban J connectivity index is 3.20. The van der Waals surface area contributed by atoms with Crippen LogP contribution in [0.25, 0.3) is 0 Å². The van der Waals surface area contributed by atoms with Gasteiger partial charge in [0.1, 0.15) is 5.60 Å². The van der Waals surface area contributed by atoms with E-state index in [1.807, 2.05) is 0 Å². The van der Waals surface area contributed by atoms with Crippen molar-refractivity contribution < 1.29 is 14.5 Å². The van der Waals surface area contributed by atoms with Crippen LogP contribution in [0.1, 0.15) is 40.2 Å². The monoisotopic (exact) mass is 265 g/mol. The summed E-state index contributed by atoms with van der Waals surface area (Å²) in [5, 5.41) is 11.0. The molecule has 0 N–H and O–H groups in total. The zero-order valence-corrected chi connectivity index (χ0v) is 11.9. The highest BCUT2D eigenvalue weighted by Crippen LogP contribution is 2.33. The van der Waals surface area contributed by atoms with Crippen LogP contribution in [0.5, 0.6) is 0 Å². The molecule has 0 aromatic heterocycles. The molecule has 0 aliphatic heterocycles. The van der Waals surface area contributed by atoms with Crippen LogP contribution in [-0.2, 0) is 14.9 Å². The Morgan fingerprint density at radius 2 is 1.68 bits per heavy atom. The summed E-state index contributed by atoms with van der Waals surface area (Å²) < 4.78 is 5.33. The molecule has 5 nitrogen and oxygen atoms in total. The Hall–Kier alpha value is -1.91. The van der Waals surface area contributed by atoms with E-state index in [4.69, 9.17) is 4.74 Å². The maximum Gasteiger partial charge on any atom is 0.316 e. The molecule has 0 fully saturated rings. The first kappa shape index (κ1) is 15.1. The summed E-state index contributed by atoms with van der Waals surface area (Å²) >= 11 is 0. The predicted octanol–water partition coefficient (Wildman–Crippen LogP) is 3.21. The van der Waals surface area contributed by atoms with Crippen molar-refractivity contribution in [1.29, 1.82) is 0 Å². The summed E-state index contributed by atoms with van der Waals surface area (Å²) in [5.41, 5.74) is -1.41. The highest BCUT2D eigenvalue weighted by Gasteiger charge is 2.38. The minimum absolute atomic E-state index is 0.0710. The summed E-state index contributed by atoms with van der Waals surface area (Å²) in [5.74, 6) is -0.477. The van der Waals surface area contributed by atoms with Crippen molar-refractivity contribution >= 4 is 11.7 Å². The van der Waals surface area contributed by atoms with Gasteiger partial charge in [0.2, 0.25) is 0 Å². The average Bonchev–Trinajstić information content (AvgIpc) is 2.26. The van der Waals surface area contributed by atoms with Crippen LogP contribution in [0.3, 0.4) is 0 Å². The third-order valence-electron chi connectivity index (χ3n) is 2.68. The first-order valence-corrected chi connectivity index (χ1v) is 6.03. The van der Waals surface area contributed by atoms with Gasteiger partial charge in [-0.05, 0) is 34.6 Å². The number of nitro groups is 1. The number of hydrogen-bond acceptors (Lipinski definition) is 4. The van der Waals surface area contributed by atoms with E-state index < -0.39 is 21.9 Å². The predicted molar refractivity (Wildman–Crippen MR) is 72.0 cm³/mol. The normalized spacial score (nSPS) is 12.1. The fourth-order valence-electron chi connectivity index (χ4n) is 1.68. The molecule has 1 aromatic carbocycles. The second kappa shape index (κ2) is 4.99. The number of nitro benzene ring substituents is 1. The minimum atomic E-state index is -1.07. The van der Waals surface area contributed by atoms with E-state index in [2.05, 4.69) is 0 Å². The zero-order valence-electron chi connectivity index (χ0n) is 11.9. The summed E-state index contributed by atoms with van der Waals surface area (Å²) in [7, 11) is 0. The van der Waals surface area contributed by atoms with E-state index in [1.54, 1.807) is 52.8 Å². The summed E-state index contributed by atoms with van der Waals surface area (Å²) in [6.07, 6.45) is 0. The van der Waals surface area contributed by atoms with Crippen LogP contribution in [0.15, 0.2) is 24.3 Å². The number of benzene rings is 1. The third kappa shape index (κ3) is 3.53. The van der Waals surface area contributed by atoms with Crippen molar-refractivity contribution in [3.8, 4) is 0 Å². The fourth-order valence-corrected chi connectivity index (χ4v) is 1.68. The van der Waals surface area contributed by atoms with E-state index in [1.165, 1.54) is 6.07 Å². The van der Waals surface area contributed by atoms with Gasteiger partial charge in [0, 0.05) is 11.6 Å². The average molecular weight is 265 g/mol. The summed E-state index contributed by atoms with van der Waals surface area (Å²) in [6.45, 7) is 8.55. The molecule has 5 heteroatoms. The molecule has 0 aliphatic carbocycles. The van der Waals surface area contributed by atoms with Gasteiger partial charge in [0.05, 0.1) is 10.3 Å². The first-order valence-electron chi connectivity index (χ1n) is 6.03. The van der Waals surface area contributed by atoms with Gasteiger partial charge < -0.3 is 4.74 Å². The largest absolute Gasteiger partial charge is 0.459 e. The first-order chi connectivity index (χ1) is 8.55. The molecule has 19 heavy (non-hydrogen) atoms. The highest BCUT2D eigenvalue weighted by molar-refractivity contribution is 5.84. The molecule has 0 radical (unpaired) electrons. The summed E-state index contributed by atoms with van der Waals surface area (Å²) in [4.78, 5) is 22.8. The zero-order chi connectivity index (χ0) is 14.8. The second-order valence-corrected chi connectivity index (χ2v) is 5.90. The highest BCUT2D eigenvalue weighted by atomic mass is 16.6. The fraction of sp³-hybridized carbons (Fsp3) is 0.500. The van der Waals surface area contributed by atoms with Crippen molar-refractivity contribution in [2.24, 2.45) is 0 Å². The maximum absolute atomic E-state index is 12.2. The van der Waals surface area contributed by atoms with E-state index in [-0.39, 0.29) is 5.69 Å². The number of nitrogens with zero attached hydrogens (tertiary/aromatic N) is 1. The molecule has 0 spiro atoms. The molecular formula is C14H19NO4. The SMILES string of the molecule is CC(C)(C)OC(=O)C(C)(C)c1ccccc1[N+](=O)[O-]. The Kier molecular flexibility index (Phi) is 3.98. The molecule has 0 aliphatic rings. The van der Waals surface area contributed by atoms with Crippen molar-refractivity contribution in [3.63, 3.8) is 0 Å². The van der Waals surface area contributed by atoms with Gasteiger partial charge in [0.25, 0.3) is 5.69 Å². The Morgan fingerprint density at radius 3 is 2.16 bits per heavy atom. The van der Waals surface area contributed by atoms with E-state index in [0.717, 1.165) is 0 Å². The molecule has 1 aromatic rings. The number of rotatable bonds is 3. The van der Waals surface area contributed by atoms with Crippen LogP contribution in [-0.4, -0.2) is 16.5 Å². The van der Waals surface area contributed by atoms with Crippen molar-refractivity contribution in [1.82, 2.24) is 0 Å². The summed E-state index contributed by atoms with van der Waals surface area (Å²) in [6, 6.07) is 6.23. The van der Waals surface area contributed by atoms with Gasteiger partial charge >= 0.3 is 5.97 Å². The number of hydrogen-bond donors (Lipinski definition) is 0. The molecule has 0 unspecified atom stereocenters. The molecule has 0 heterocycles. The number of esters is 1. The lowest BCUT2D eigenvalue weighted by Crippen LogP contribution is -2.37. The van der Waals surface area contributed by atoms with Crippen LogP contribution < -0.4 is 0 Å². The van der Waals surface area contributed by atoms with Crippen LogP contribution in [0.2, 0.25) is 0 Å². The van der Waals surface area contributed by atoms with Crippen LogP contribution in [0.4, 0.5) is 5.69 Å². The Bertz CT molecular complexity index is 500. The Morgan fingerprint density at radius 1 is 1.16 bits per heavy atom. The molecule has 1 rings (SSSR count). The van der Waals surface area contributed by atoms with Gasteiger partial charge in [0.15, 0.2) is 0 Å². The minimum Gasteiger partial charge on any atom is -0.459 e. The molecular weight excluding hydrogens is 246 g/mol. The van der Waals surface area contributed by atoms with E-state index in [0.29, 0.717) is 5.56 Å². The Labute approximate surface area is 112 Å². The number of para-hydroxylation sites is 1. The van der Waals surface area contributed by atoms with Gasteiger partial charge in [-0.15, -0.1) is 0 Å². The van der Waals surface area contributed by atoms with Crippen molar-refractivity contribution in [3.05, 3.63) is 39.9 Å². The van der Waals surface area contributed by atoms with Gasteiger partial charge in [-0.25, -0.2) is 0 Å². The van der Waals surface area contributed by atoms with Gasteiger partial charge in [-0.3, -0.25) is 14.9 Å². The van der Waals surface area contributed by atoms with E-state index in [9.17, 15) is 14.9 Å². The third-order valence-corrected chi connectivity index (χ3v) is 2.68. The van der Waals surface area contributed by atoms with E-state index >= 15 is 0 Å². The molecule has 0 saturated heterocycles. The lowest BCUT2D eigenvalue weighted by molar-refractivity contribution is -0.386. The quantitative estimate of drug-likeness (QED) is 0.478. The lowest BCUT2D eigenvalue weighted by Gasteiger charge is -2.28. The smallest absolute Gasteiger partial charge is 0.316 e. The van der Waals surface area contributed by atoms with Crippen molar-refractivity contribution in [2.75, 3.05) is 0 Å². The van der Waals surface area contributed by atoms with Gasteiger partial charge in [-0.2, -0.15) is 0 Å². The second-order valence-electron chi connectivity index (χ2n) is 5.90. The van der Waals surface area contributed by atoms with Crippen LogP contribution >= 0.6 is 0 Å².